The van der Waals surface area contributed by atoms with Crippen LogP contribution in [0.15, 0.2) is 64.8 Å². The molecular weight excluding hydrogens is 300 g/mol. The van der Waals surface area contributed by atoms with Gasteiger partial charge in [0.25, 0.3) is 0 Å². The van der Waals surface area contributed by atoms with E-state index in [0.29, 0.717) is 16.8 Å². The molecule has 1 aromatic heterocycles. The topological polar surface area (TPSA) is 35.0 Å². The van der Waals surface area contributed by atoms with Crippen LogP contribution in [0.5, 0.6) is 5.75 Å². The average molecular weight is 313 g/mol. The highest BCUT2D eigenvalue weighted by Gasteiger charge is 2.01. The van der Waals surface area contributed by atoms with Crippen LogP contribution >= 0.6 is 11.8 Å². The van der Waals surface area contributed by atoms with Gasteiger partial charge in [-0.05, 0) is 23.6 Å². The predicted octanol–water partition coefficient (Wildman–Crippen LogP) is 3.71. The lowest BCUT2D eigenvalue weighted by Crippen LogP contribution is -2.01. The van der Waals surface area contributed by atoms with Gasteiger partial charge in [0.05, 0.1) is 12.1 Å². The number of nitrogens with zero attached hydrogens (tertiary/aromatic N) is 2. The van der Waals surface area contributed by atoms with Crippen LogP contribution in [0.1, 0.15) is 0 Å². The summed E-state index contributed by atoms with van der Waals surface area (Å²) in [5.41, 5.74) is 0.893. The molecule has 0 fully saturated rings. The largest absolute Gasteiger partial charge is 0.759 e. The summed E-state index contributed by atoms with van der Waals surface area (Å²) in [6, 6.07) is 17.6. The lowest BCUT2D eigenvalue weighted by Gasteiger charge is -2.11. The van der Waals surface area contributed by atoms with Gasteiger partial charge in [-0.15, -0.1) is 0 Å². The first kappa shape index (κ1) is 14.1. The Bertz CT molecular complexity index is 735. The molecule has 0 radical (unpaired) electrons. The van der Waals surface area contributed by atoms with Crippen molar-refractivity contribution < 1.29 is 4.74 Å². The molecule has 3 nitrogen and oxygen atoms in total. The highest BCUT2D eigenvalue weighted by atomic mass is 32.2. The Morgan fingerprint density at radius 3 is 2.57 bits per heavy atom. The van der Waals surface area contributed by atoms with E-state index in [-0.39, 0.29) is 0 Å². The van der Waals surface area contributed by atoms with Crippen LogP contribution in [-0.4, -0.2) is 22.3 Å². The number of rotatable bonds is 5. The fraction of sp³-hybridized carbons (Fsp3) is 0.125. The molecule has 0 aliphatic heterocycles. The third-order valence-corrected chi connectivity index (χ3v) is 4.00. The van der Waals surface area contributed by atoms with Crippen LogP contribution in [-0.2, 0) is 12.6 Å². The van der Waals surface area contributed by atoms with Crippen molar-refractivity contribution in [1.29, 1.82) is 0 Å². The minimum absolute atomic E-state index is 0.604. The second kappa shape index (κ2) is 6.74. The number of para-hydroxylation sites is 2. The molecule has 0 aliphatic rings. The molecule has 0 bridgehead atoms. The second-order valence-corrected chi connectivity index (χ2v) is 5.79. The minimum atomic E-state index is 0.604. The second-order valence-electron chi connectivity index (χ2n) is 4.34. The molecule has 0 atom stereocenters. The number of aromatic nitrogens is 2. The van der Waals surface area contributed by atoms with Crippen LogP contribution in [0.2, 0.25) is 0 Å². The fourth-order valence-electron chi connectivity index (χ4n) is 1.90. The lowest BCUT2D eigenvalue weighted by molar-refractivity contribution is 0.344. The Hall–Kier alpha value is -1.85. The quantitative estimate of drug-likeness (QED) is 0.236. The van der Waals surface area contributed by atoms with Gasteiger partial charge in [-0.25, -0.2) is 4.98 Å². The van der Waals surface area contributed by atoms with E-state index < -0.39 is 0 Å². The molecule has 0 unspecified atom stereocenters. The Labute approximate surface area is 133 Å². The molecule has 2 aromatic carbocycles. The van der Waals surface area contributed by atoms with Crippen molar-refractivity contribution in [3.63, 3.8) is 0 Å². The molecule has 0 saturated carbocycles. The highest BCUT2D eigenvalue weighted by Crippen LogP contribution is 2.20. The standard InChI is InChI=1S/C16H14N2OS2/c20-15-13-8-4-5-9-14(13)17-16(18-15)21-11-10-19-12-6-2-1-3-7-12/h1-9H,10-11H2,(H,17,18,20)/p-1. The van der Waals surface area contributed by atoms with Gasteiger partial charge in [0, 0.05) is 5.75 Å². The van der Waals surface area contributed by atoms with Gasteiger partial charge in [-0.1, -0.05) is 53.2 Å². The van der Waals surface area contributed by atoms with E-state index in [4.69, 9.17) is 17.4 Å². The molecule has 3 aromatic rings. The van der Waals surface area contributed by atoms with Gasteiger partial charge >= 0.3 is 0 Å². The molecule has 0 saturated heterocycles. The minimum Gasteiger partial charge on any atom is -0.759 e. The van der Waals surface area contributed by atoms with E-state index in [1.807, 2.05) is 54.6 Å². The maximum absolute atomic E-state index is 5.64. The van der Waals surface area contributed by atoms with Crippen LogP contribution in [0.25, 0.3) is 10.9 Å². The maximum Gasteiger partial charge on any atom is 0.186 e. The van der Waals surface area contributed by atoms with Crippen molar-refractivity contribution in [1.82, 2.24) is 9.97 Å². The fourth-order valence-corrected chi connectivity index (χ4v) is 2.89. The molecule has 0 spiro atoms. The van der Waals surface area contributed by atoms with Crippen molar-refractivity contribution in [2.24, 2.45) is 0 Å². The van der Waals surface area contributed by atoms with Crippen LogP contribution in [0.3, 0.4) is 0 Å². The Morgan fingerprint density at radius 2 is 1.71 bits per heavy atom. The summed E-state index contributed by atoms with van der Waals surface area (Å²) in [6.45, 7) is 0.609. The van der Waals surface area contributed by atoms with Crippen molar-refractivity contribution in [3.8, 4) is 5.75 Å². The Balaban J connectivity index is 1.60. The summed E-state index contributed by atoms with van der Waals surface area (Å²) >= 11 is 6.86. The van der Waals surface area contributed by atoms with E-state index in [9.17, 15) is 0 Å². The van der Waals surface area contributed by atoms with Crippen LogP contribution < -0.4 is 4.74 Å². The van der Waals surface area contributed by atoms with Crippen molar-refractivity contribution in [3.05, 3.63) is 54.6 Å². The zero-order valence-electron chi connectivity index (χ0n) is 11.2. The average Bonchev–Trinajstić information content (AvgIpc) is 2.53. The normalized spacial score (nSPS) is 10.7. The molecular formula is C16H13N2OS2-. The first-order chi connectivity index (χ1) is 10.3. The summed E-state index contributed by atoms with van der Waals surface area (Å²) in [7, 11) is 0. The van der Waals surface area contributed by atoms with Gasteiger partial charge in [-0.3, -0.25) is 4.98 Å². The molecule has 0 aliphatic carbocycles. The molecule has 0 amide bonds. The Kier molecular flexibility index (Phi) is 4.52. The highest BCUT2D eigenvalue weighted by molar-refractivity contribution is 7.99. The number of ether oxygens (including phenoxy) is 1. The zero-order valence-corrected chi connectivity index (χ0v) is 12.9. The number of thioether (sulfide) groups is 1. The van der Waals surface area contributed by atoms with Gasteiger partial charge in [0.2, 0.25) is 0 Å². The smallest absolute Gasteiger partial charge is 0.186 e. The molecule has 3 rings (SSSR count). The van der Waals surface area contributed by atoms with E-state index in [2.05, 4.69) is 9.97 Å². The molecule has 106 valence electrons. The molecule has 21 heavy (non-hydrogen) atoms. The van der Waals surface area contributed by atoms with E-state index in [0.717, 1.165) is 22.4 Å². The Morgan fingerprint density at radius 1 is 0.952 bits per heavy atom. The first-order valence-corrected chi connectivity index (χ1v) is 7.97. The first-order valence-electron chi connectivity index (χ1n) is 6.57. The van der Waals surface area contributed by atoms with E-state index in [1.165, 1.54) is 0 Å². The van der Waals surface area contributed by atoms with Crippen LogP contribution in [0.4, 0.5) is 0 Å². The molecule has 0 N–H and O–H groups in total. The van der Waals surface area contributed by atoms with Crippen molar-refractivity contribution in [2.75, 3.05) is 12.4 Å². The molecule has 5 heteroatoms. The number of fused-ring (bicyclic) bond motifs is 1. The maximum atomic E-state index is 5.64. The molecule has 1 heterocycles. The number of hydrogen-bond acceptors (Lipinski definition) is 5. The van der Waals surface area contributed by atoms with Crippen molar-refractivity contribution >= 4 is 35.3 Å². The van der Waals surface area contributed by atoms with Gasteiger partial charge in [0.15, 0.2) is 5.16 Å². The van der Waals surface area contributed by atoms with Crippen molar-refractivity contribution in [2.45, 2.75) is 10.2 Å². The SMILES string of the molecule is [S-]c1nc(SCCOc2ccccc2)nc2ccccc12. The predicted molar refractivity (Wildman–Crippen MR) is 87.8 cm³/mol. The summed E-state index contributed by atoms with van der Waals surface area (Å²) in [5, 5.41) is 2.24. The third kappa shape index (κ3) is 3.62. The van der Waals surface area contributed by atoms with Gasteiger partial charge in [-0.2, -0.15) is 0 Å². The summed E-state index contributed by atoms with van der Waals surface area (Å²) in [6.07, 6.45) is 0. The van der Waals surface area contributed by atoms with Gasteiger partial charge in [0.1, 0.15) is 5.75 Å². The van der Waals surface area contributed by atoms with Crippen LogP contribution in [0, 0.1) is 0 Å². The van der Waals surface area contributed by atoms with Gasteiger partial charge < -0.3 is 17.4 Å². The lowest BCUT2D eigenvalue weighted by atomic mass is 10.2. The van der Waals surface area contributed by atoms with E-state index >= 15 is 0 Å². The number of benzene rings is 2. The number of hydrogen-bond donors (Lipinski definition) is 0. The third-order valence-electron chi connectivity index (χ3n) is 2.87. The summed E-state index contributed by atoms with van der Waals surface area (Å²) in [5.74, 6) is 1.66. The van der Waals surface area contributed by atoms with E-state index in [1.54, 1.807) is 11.8 Å². The summed E-state index contributed by atoms with van der Waals surface area (Å²) in [4.78, 5) is 8.87. The summed E-state index contributed by atoms with van der Waals surface area (Å²) < 4.78 is 5.64. The monoisotopic (exact) mass is 313 g/mol. The zero-order chi connectivity index (χ0) is 14.5.